The maximum absolute atomic E-state index is 12.5. The van der Waals surface area contributed by atoms with E-state index in [0.717, 1.165) is 107 Å². The minimum absolute atomic E-state index is 0.0530. The van der Waals surface area contributed by atoms with Crippen LogP contribution in [-0.4, -0.2) is 145 Å². The molecule has 5 N–H and O–H groups in total. The zero-order chi connectivity index (χ0) is 93.8. The van der Waals surface area contributed by atoms with E-state index in [9.17, 15) is 25.3 Å². The molecule has 0 spiro atoms. The lowest BCUT2D eigenvalue weighted by atomic mass is 10.1. The van der Waals surface area contributed by atoms with Crippen molar-refractivity contribution in [1.82, 2.24) is 103 Å². The quantitative estimate of drug-likeness (QED) is 0.0269. The van der Waals surface area contributed by atoms with E-state index in [1.807, 2.05) is 230 Å². The van der Waals surface area contributed by atoms with Crippen LogP contribution in [0.3, 0.4) is 0 Å². The summed E-state index contributed by atoms with van der Waals surface area (Å²) in [5.74, 6) is 4.67. The van der Waals surface area contributed by atoms with Crippen molar-refractivity contribution in [1.29, 1.82) is 0 Å². The number of nitrogens with one attached hydrogen (secondary N) is 5. The van der Waals surface area contributed by atoms with Crippen molar-refractivity contribution in [3.63, 3.8) is 0 Å². The normalized spacial score (nSPS) is 11.5. The summed E-state index contributed by atoms with van der Waals surface area (Å²) in [6, 6.07) is 77.2. The highest BCUT2D eigenvalue weighted by atomic mass is 32.2. The number of unbranched alkanes of at least 4 members (excludes halogenated alkanes) is 1. The summed E-state index contributed by atoms with van der Waals surface area (Å²) in [6.07, 6.45) is 29.4. The molecule has 16 aromatic heterocycles. The van der Waals surface area contributed by atoms with Crippen molar-refractivity contribution in [2.24, 2.45) is 0 Å². The SMILES string of the molecule is CC(C)S(=O)(=O)Cc1cncc(-c2nc(NCc3ccccn3)c3c(-c4ccccc4)ccn3n2)c1.CCCCS(=O)(=O)Cc1cncc(-c2nc(NCc3ccccn3)c3c(-c4ccccc4)ccn3n2)c1.CCS(=O)(=O)Cc1cncc(-c2nc(NCc3ccccn3)c3c(-c4ccccc4)ccn3n2)c1.c1ccc(-c2ccn3nc(-c4cn[nH]c4)nc(NCc4ccccn4)c23)cc1. The predicted molar refractivity (Wildman–Crippen MR) is 531 cm³/mol. The number of hydrogen-bond donors (Lipinski definition) is 5. The molecule has 0 saturated carbocycles. The molecule has 0 atom stereocenters. The summed E-state index contributed by atoms with van der Waals surface area (Å²) < 4.78 is 81.4. The van der Waals surface area contributed by atoms with Gasteiger partial charge in [0.2, 0.25) is 0 Å². The lowest BCUT2D eigenvalue weighted by Crippen LogP contribution is -2.16. The van der Waals surface area contributed by atoms with E-state index in [4.69, 9.17) is 35.2 Å². The molecule has 0 saturated heterocycles. The number of aromatic nitrogens is 21. The van der Waals surface area contributed by atoms with Gasteiger partial charge < -0.3 is 21.3 Å². The van der Waals surface area contributed by atoms with Crippen molar-refractivity contribution in [3.05, 3.63) is 375 Å². The molecule has 20 rings (SSSR count). The van der Waals surface area contributed by atoms with E-state index in [1.165, 1.54) is 0 Å². The Morgan fingerprint density at radius 2 is 0.632 bits per heavy atom. The molecule has 0 fully saturated rings. The molecule has 0 aliphatic rings. The topological polar surface area (TPSA) is 390 Å². The van der Waals surface area contributed by atoms with Gasteiger partial charge in [-0.3, -0.25) is 40.0 Å². The van der Waals surface area contributed by atoms with Gasteiger partial charge in [0.05, 0.1) is 89.0 Å². The van der Waals surface area contributed by atoms with Crippen LogP contribution in [0.5, 0.6) is 0 Å². The predicted octanol–water partition coefficient (Wildman–Crippen LogP) is 18.2. The molecule has 136 heavy (non-hydrogen) atoms. The summed E-state index contributed by atoms with van der Waals surface area (Å²) in [6.45, 7) is 9.00. The van der Waals surface area contributed by atoms with Crippen molar-refractivity contribution in [3.8, 4) is 90.1 Å². The molecule has 4 aromatic carbocycles. The molecule has 682 valence electrons. The lowest BCUT2D eigenvalue weighted by Gasteiger charge is -2.12. The average molecular weight is 1860 g/mol. The van der Waals surface area contributed by atoms with Gasteiger partial charge in [-0.05, 0) is 150 Å². The Morgan fingerprint density at radius 3 is 0.912 bits per heavy atom. The first kappa shape index (κ1) is 91.6. The highest BCUT2D eigenvalue weighted by molar-refractivity contribution is 7.91. The Bertz CT molecular complexity index is 7810. The molecule has 0 aliphatic heterocycles. The average Bonchev–Trinajstić information content (AvgIpc) is 1.62. The van der Waals surface area contributed by atoms with E-state index in [0.29, 0.717) is 107 Å². The summed E-state index contributed by atoms with van der Waals surface area (Å²) in [5.41, 5.74) is 20.0. The number of pyridine rings is 7. The second-order valence-electron chi connectivity index (χ2n) is 32.1. The van der Waals surface area contributed by atoms with E-state index in [-0.39, 0.29) is 28.8 Å². The monoisotopic (exact) mass is 1860 g/mol. The van der Waals surface area contributed by atoms with Crippen LogP contribution in [0.15, 0.2) is 336 Å². The number of anilines is 4. The van der Waals surface area contributed by atoms with Crippen LogP contribution >= 0.6 is 0 Å². The molecule has 0 unspecified atom stereocenters. The van der Waals surface area contributed by atoms with Crippen LogP contribution in [0, 0.1) is 0 Å². The van der Waals surface area contributed by atoms with E-state index >= 15 is 0 Å². The zero-order valence-electron chi connectivity index (χ0n) is 74.7. The molecule has 0 amide bonds. The van der Waals surface area contributed by atoms with Crippen LogP contribution in [0.4, 0.5) is 23.3 Å². The molecule has 0 aliphatic carbocycles. The summed E-state index contributed by atoms with van der Waals surface area (Å²) >= 11 is 0. The Labute approximate surface area is 785 Å². The molecule has 31 nitrogen and oxygen atoms in total. The minimum Gasteiger partial charge on any atom is -0.363 e. The third kappa shape index (κ3) is 22.7. The molecule has 34 heteroatoms. The first-order valence-electron chi connectivity index (χ1n) is 44.1. The van der Waals surface area contributed by atoms with Crippen molar-refractivity contribution >= 4 is 74.9 Å². The molecule has 20 aromatic rings. The van der Waals surface area contributed by atoms with Gasteiger partial charge in [0.1, 0.15) is 22.1 Å². The second kappa shape index (κ2) is 42.5. The number of rotatable bonds is 31. The standard InChI is InChI=1S/C28H28N6O2S.C27H26N6O2S.C26H24N6O2S.C21H17N7/c1-2-3-15-37(35,36)20-21-16-23(18-29-17-21)27-32-28(31-19-24-11-7-8-13-30-24)26-25(12-14-34(26)33-27)22-9-5-4-6-10-22;1-19(2)36(34,35)18-20-14-22(16-28-15-20)26-31-27(30-17-23-10-6-7-12-29-23)25-24(11-13-33(25)32-26)21-8-4-3-5-9-21;1-2-35(33,34)18-19-14-21(16-27-15-19)25-30-26(29-17-22-10-6-7-12-28-22)24-23(11-13-32(24)31-25)20-8-4-3-5-9-20;1-2-6-15(7-3-1)18-9-11-28-19(18)21(23-14-17-8-4-5-10-22-17)26-20(27-28)16-12-24-25-13-16/h4-14,16-18H,2-3,15,19-20H2,1H3,(H,31,32,33);3-16,19H,17-18H2,1-2H3,(H,30,31,32);3-16H,2,17-18H2,1H3,(H,29,30,31);1-13H,14H2,(H,24,25)(H,23,26,27). The summed E-state index contributed by atoms with van der Waals surface area (Å²) in [5, 5.41) is 39.0. The molecular weight excluding hydrogens is 1770 g/mol. The molecule has 16 heterocycles. The van der Waals surface area contributed by atoms with Crippen LogP contribution in [0.1, 0.15) is 80.0 Å². The number of sulfone groups is 3. The van der Waals surface area contributed by atoms with Crippen LogP contribution < -0.4 is 21.3 Å². The van der Waals surface area contributed by atoms with Crippen molar-refractivity contribution in [2.75, 3.05) is 32.8 Å². The fraction of sp³-hybridized carbons (Fsp3) is 0.157. The highest BCUT2D eigenvalue weighted by Gasteiger charge is 2.25. The van der Waals surface area contributed by atoms with Crippen LogP contribution in [0.25, 0.3) is 112 Å². The van der Waals surface area contributed by atoms with Gasteiger partial charge in [0, 0.05) is 138 Å². The van der Waals surface area contributed by atoms with Gasteiger partial charge in [0.15, 0.2) is 76.1 Å². The number of nitrogens with zero attached hydrogens (tertiary/aromatic N) is 20. The van der Waals surface area contributed by atoms with Crippen LogP contribution in [-0.2, 0) is 72.9 Å². The smallest absolute Gasteiger partial charge is 0.185 e. The van der Waals surface area contributed by atoms with Gasteiger partial charge in [-0.2, -0.15) is 5.10 Å². The van der Waals surface area contributed by atoms with Gasteiger partial charge >= 0.3 is 0 Å². The molecular formula is C102H95N25O6S3. The van der Waals surface area contributed by atoms with E-state index in [2.05, 4.69) is 102 Å². The van der Waals surface area contributed by atoms with Crippen molar-refractivity contribution in [2.45, 2.75) is 89.2 Å². The van der Waals surface area contributed by atoms with E-state index in [1.54, 1.807) is 121 Å². The number of aromatic amines is 1. The fourth-order valence-electron chi connectivity index (χ4n) is 15.1. The highest BCUT2D eigenvalue weighted by Crippen LogP contribution is 2.37. The summed E-state index contributed by atoms with van der Waals surface area (Å²) in [7, 11) is -9.66. The maximum Gasteiger partial charge on any atom is 0.185 e. The van der Waals surface area contributed by atoms with Crippen molar-refractivity contribution < 1.29 is 25.3 Å². The first-order chi connectivity index (χ1) is 66.3. The van der Waals surface area contributed by atoms with Gasteiger partial charge in [-0.1, -0.05) is 166 Å². The minimum atomic E-state index is -3.26. The van der Waals surface area contributed by atoms with Gasteiger partial charge in [0.25, 0.3) is 0 Å². The Hall–Kier alpha value is -16.3. The Morgan fingerprint density at radius 1 is 0.331 bits per heavy atom. The Balaban J connectivity index is 0.000000126. The number of hydrogen-bond acceptors (Lipinski definition) is 26. The largest absolute Gasteiger partial charge is 0.363 e. The summed E-state index contributed by atoms with van der Waals surface area (Å²) in [4.78, 5) is 49.8. The third-order valence-corrected chi connectivity index (χ3v) is 27.6. The molecule has 0 radical (unpaired) electrons. The number of fused-ring (bicyclic) bond motifs is 4. The van der Waals surface area contributed by atoms with E-state index < -0.39 is 34.8 Å². The second-order valence-corrected chi connectivity index (χ2v) is 39.2. The van der Waals surface area contributed by atoms with Gasteiger partial charge in [-0.15, -0.1) is 20.4 Å². The number of benzene rings is 4. The van der Waals surface area contributed by atoms with Crippen LogP contribution in [0.2, 0.25) is 0 Å². The fourth-order valence-corrected chi connectivity index (χ4v) is 18.4. The zero-order valence-corrected chi connectivity index (χ0v) is 77.2. The van der Waals surface area contributed by atoms with Gasteiger partial charge in [-0.25, -0.2) is 63.3 Å². The lowest BCUT2D eigenvalue weighted by molar-refractivity contribution is 0.586. The third-order valence-electron chi connectivity index (χ3n) is 22.1. The Kier molecular flexibility index (Phi) is 28.6. The maximum atomic E-state index is 12.5. The first-order valence-corrected chi connectivity index (χ1v) is 49.5. The molecule has 0 bridgehead atoms. The number of H-pyrrole nitrogens is 1.